The van der Waals surface area contributed by atoms with Gasteiger partial charge in [0, 0.05) is 25.3 Å². The fourth-order valence-corrected chi connectivity index (χ4v) is 4.84. The van der Waals surface area contributed by atoms with Gasteiger partial charge in [0.15, 0.2) is 0 Å². The minimum atomic E-state index is -0.404. The minimum Gasteiger partial charge on any atom is -0.497 e. The first-order valence-electron chi connectivity index (χ1n) is 10.7. The van der Waals surface area contributed by atoms with Crippen molar-refractivity contribution in [3.05, 3.63) is 53.3 Å². The summed E-state index contributed by atoms with van der Waals surface area (Å²) in [6, 6.07) is 12.3. The number of likely N-dealkylation sites (tertiary alicyclic amines) is 1. The van der Waals surface area contributed by atoms with Crippen molar-refractivity contribution in [2.75, 3.05) is 26.7 Å². The Kier molecular flexibility index (Phi) is 6.07. The van der Waals surface area contributed by atoms with Gasteiger partial charge in [-0.3, -0.25) is 4.98 Å². The highest BCUT2D eigenvalue weighted by molar-refractivity contribution is 5.29. The van der Waals surface area contributed by atoms with E-state index in [1.807, 2.05) is 38.1 Å². The number of aryl methyl sites for hydroxylation is 2. The van der Waals surface area contributed by atoms with E-state index in [1.54, 1.807) is 7.11 Å². The maximum absolute atomic E-state index is 10.7. The highest BCUT2D eigenvalue weighted by atomic mass is 16.5. The molecule has 0 amide bonds. The van der Waals surface area contributed by atoms with Crippen LogP contribution in [0.1, 0.15) is 29.8 Å². The number of aromatic nitrogens is 1. The van der Waals surface area contributed by atoms with Gasteiger partial charge in [-0.2, -0.15) is 0 Å². The van der Waals surface area contributed by atoms with Gasteiger partial charge in [-0.25, -0.2) is 0 Å². The molecule has 2 fully saturated rings. The van der Waals surface area contributed by atoms with Crippen LogP contribution in [0.4, 0.5) is 0 Å². The van der Waals surface area contributed by atoms with Gasteiger partial charge in [0.1, 0.15) is 17.6 Å². The van der Waals surface area contributed by atoms with Crippen LogP contribution in [-0.4, -0.2) is 53.9 Å². The lowest BCUT2D eigenvalue weighted by molar-refractivity contribution is -0.0236. The van der Waals surface area contributed by atoms with Gasteiger partial charge in [-0.15, -0.1) is 0 Å². The second kappa shape index (κ2) is 8.72. The van der Waals surface area contributed by atoms with Crippen LogP contribution in [0.15, 0.2) is 36.4 Å². The number of pyridine rings is 1. The molecule has 0 radical (unpaired) electrons. The van der Waals surface area contributed by atoms with Gasteiger partial charge < -0.3 is 19.5 Å². The second-order valence-corrected chi connectivity index (χ2v) is 8.61. The number of aliphatic hydroxyl groups is 1. The van der Waals surface area contributed by atoms with Crippen molar-refractivity contribution in [1.82, 2.24) is 9.88 Å². The zero-order valence-electron chi connectivity index (χ0n) is 17.7. The molecule has 29 heavy (non-hydrogen) atoms. The Morgan fingerprint density at radius 1 is 1.03 bits per heavy atom. The van der Waals surface area contributed by atoms with Gasteiger partial charge in [-0.05, 0) is 74.8 Å². The molecule has 2 aliphatic rings. The highest BCUT2D eigenvalue weighted by Gasteiger charge is 2.42. The summed E-state index contributed by atoms with van der Waals surface area (Å²) in [5, 5.41) is 10.7. The first-order valence-corrected chi connectivity index (χ1v) is 10.7. The Morgan fingerprint density at radius 3 is 2.45 bits per heavy atom. The van der Waals surface area contributed by atoms with E-state index in [9.17, 15) is 5.11 Å². The third-order valence-corrected chi connectivity index (χ3v) is 6.49. The molecule has 156 valence electrons. The highest BCUT2D eigenvalue weighted by Crippen LogP contribution is 2.38. The lowest BCUT2D eigenvalue weighted by Gasteiger charge is -2.35. The summed E-state index contributed by atoms with van der Waals surface area (Å²) >= 11 is 0. The molecule has 1 aliphatic carbocycles. The number of rotatable bonds is 6. The minimum absolute atomic E-state index is 0.138. The predicted molar refractivity (Wildman–Crippen MR) is 113 cm³/mol. The molecule has 1 aromatic carbocycles. The van der Waals surface area contributed by atoms with E-state index >= 15 is 0 Å². The molecule has 0 bridgehead atoms. The molecular weight excluding hydrogens is 364 g/mol. The summed E-state index contributed by atoms with van der Waals surface area (Å²) < 4.78 is 11.4. The van der Waals surface area contributed by atoms with Crippen LogP contribution in [-0.2, 0) is 6.42 Å². The van der Waals surface area contributed by atoms with Crippen LogP contribution in [0.3, 0.4) is 0 Å². The van der Waals surface area contributed by atoms with E-state index in [4.69, 9.17) is 9.47 Å². The molecule has 5 heteroatoms. The van der Waals surface area contributed by atoms with E-state index < -0.39 is 6.10 Å². The number of ether oxygens (including phenoxy) is 2. The van der Waals surface area contributed by atoms with Crippen molar-refractivity contribution in [2.24, 2.45) is 11.8 Å². The number of aliphatic hydroxyl groups excluding tert-OH is 1. The Bertz CT molecular complexity index is 823. The Balaban J connectivity index is 1.32. The van der Waals surface area contributed by atoms with Crippen LogP contribution < -0.4 is 9.47 Å². The lowest BCUT2D eigenvalue weighted by Crippen LogP contribution is -2.42. The van der Waals surface area contributed by atoms with Crippen LogP contribution in [0, 0.1) is 25.7 Å². The SMILES string of the molecule is COc1ccc(CCN2C[C@H]3C[C@@H](Oc4ccc(C)nc4C)[C@H](O)C[C@H]3C2)cc1. The summed E-state index contributed by atoms with van der Waals surface area (Å²) in [5.41, 5.74) is 3.22. The molecule has 0 spiro atoms. The fourth-order valence-electron chi connectivity index (χ4n) is 4.84. The predicted octanol–water partition coefficient (Wildman–Crippen LogP) is 3.40. The second-order valence-electron chi connectivity index (χ2n) is 8.61. The lowest BCUT2D eigenvalue weighted by atomic mass is 9.78. The molecule has 2 heterocycles. The number of nitrogens with zero attached hydrogens (tertiary/aromatic N) is 2. The topological polar surface area (TPSA) is 54.8 Å². The molecule has 1 aromatic heterocycles. The Morgan fingerprint density at radius 2 is 1.76 bits per heavy atom. The van der Waals surface area contributed by atoms with Crippen molar-refractivity contribution in [1.29, 1.82) is 0 Å². The summed E-state index contributed by atoms with van der Waals surface area (Å²) in [6.07, 6.45) is 2.24. The summed E-state index contributed by atoms with van der Waals surface area (Å²) in [7, 11) is 1.70. The quantitative estimate of drug-likeness (QED) is 0.811. The summed E-state index contributed by atoms with van der Waals surface area (Å²) in [5.74, 6) is 2.86. The molecule has 4 rings (SSSR count). The molecule has 1 saturated carbocycles. The van der Waals surface area contributed by atoms with Crippen LogP contribution in [0.5, 0.6) is 11.5 Å². The van der Waals surface area contributed by atoms with Gasteiger partial charge in [0.25, 0.3) is 0 Å². The smallest absolute Gasteiger partial charge is 0.141 e. The molecule has 4 atom stereocenters. The Hall–Kier alpha value is -2.11. The van der Waals surface area contributed by atoms with Crippen LogP contribution in [0.2, 0.25) is 0 Å². The summed E-state index contributed by atoms with van der Waals surface area (Å²) in [6.45, 7) is 7.18. The standard InChI is InChI=1S/C24H32N2O3/c1-16-4-9-23(17(2)25-16)29-24-13-20-15-26(14-19(20)12-22(24)27)11-10-18-5-7-21(28-3)8-6-18/h4-9,19-20,22,24,27H,10-15H2,1-3H3/t19-,20+,22+,24+/m0/s1. The average molecular weight is 397 g/mol. The van der Waals surface area contributed by atoms with Gasteiger partial charge in [0.05, 0.1) is 18.9 Å². The molecular formula is C24H32N2O3. The Labute approximate surface area is 173 Å². The number of hydrogen-bond acceptors (Lipinski definition) is 5. The normalized spacial score (nSPS) is 26.9. The third kappa shape index (κ3) is 4.73. The van der Waals surface area contributed by atoms with Crippen LogP contribution in [0.25, 0.3) is 0 Å². The molecule has 5 nitrogen and oxygen atoms in total. The van der Waals surface area contributed by atoms with E-state index in [1.165, 1.54) is 5.56 Å². The number of methoxy groups -OCH3 is 1. The maximum atomic E-state index is 10.7. The molecule has 0 unspecified atom stereocenters. The number of benzene rings is 1. The molecule has 1 saturated heterocycles. The van der Waals surface area contributed by atoms with E-state index in [-0.39, 0.29) is 6.10 Å². The average Bonchev–Trinajstić information content (AvgIpc) is 3.10. The third-order valence-electron chi connectivity index (χ3n) is 6.49. The zero-order chi connectivity index (χ0) is 20.4. The zero-order valence-corrected chi connectivity index (χ0v) is 17.7. The fraction of sp³-hybridized carbons (Fsp3) is 0.542. The van der Waals surface area contributed by atoms with E-state index in [2.05, 4.69) is 22.0 Å². The number of hydrogen-bond donors (Lipinski definition) is 1. The monoisotopic (exact) mass is 396 g/mol. The van der Waals surface area contributed by atoms with Crippen LogP contribution >= 0.6 is 0 Å². The van der Waals surface area contributed by atoms with Crippen molar-refractivity contribution < 1.29 is 14.6 Å². The molecule has 1 N–H and O–H groups in total. The van der Waals surface area contributed by atoms with Gasteiger partial charge in [-0.1, -0.05) is 12.1 Å². The first kappa shape index (κ1) is 20.2. The van der Waals surface area contributed by atoms with Crippen molar-refractivity contribution in [3.63, 3.8) is 0 Å². The molecule has 1 aliphatic heterocycles. The van der Waals surface area contributed by atoms with Crippen molar-refractivity contribution in [2.45, 2.75) is 45.3 Å². The molecule has 2 aromatic rings. The van der Waals surface area contributed by atoms with Crippen molar-refractivity contribution in [3.8, 4) is 11.5 Å². The van der Waals surface area contributed by atoms with Gasteiger partial charge >= 0.3 is 0 Å². The van der Waals surface area contributed by atoms with E-state index in [0.29, 0.717) is 11.8 Å². The first-order chi connectivity index (χ1) is 14.0. The van der Waals surface area contributed by atoms with Gasteiger partial charge in [0.2, 0.25) is 0 Å². The number of fused-ring (bicyclic) bond motifs is 1. The van der Waals surface area contributed by atoms with E-state index in [0.717, 1.165) is 61.8 Å². The summed E-state index contributed by atoms with van der Waals surface area (Å²) in [4.78, 5) is 7.03. The maximum Gasteiger partial charge on any atom is 0.141 e. The van der Waals surface area contributed by atoms with Crippen molar-refractivity contribution >= 4 is 0 Å². The largest absolute Gasteiger partial charge is 0.497 e.